The molecule has 1 aliphatic rings. The van der Waals surface area contributed by atoms with E-state index in [9.17, 15) is 4.79 Å². The minimum Gasteiger partial charge on any atom is -0.497 e. The molecule has 0 spiro atoms. The van der Waals surface area contributed by atoms with Crippen molar-refractivity contribution in [2.75, 3.05) is 37.0 Å². The first-order valence-electron chi connectivity index (χ1n) is 13.3. The Balaban J connectivity index is 1.12. The molecule has 39 heavy (non-hydrogen) atoms. The molecule has 1 saturated heterocycles. The average Bonchev–Trinajstić information content (AvgIpc) is 3.66. The van der Waals surface area contributed by atoms with Crippen molar-refractivity contribution >= 4 is 28.1 Å². The highest BCUT2D eigenvalue weighted by Gasteiger charge is 2.26. The van der Waals surface area contributed by atoms with E-state index >= 15 is 0 Å². The van der Waals surface area contributed by atoms with Crippen LogP contribution >= 0.6 is 11.3 Å². The number of aromatic nitrogens is 3. The van der Waals surface area contributed by atoms with Gasteiger partial charge in [0, 0.05) is 43.1 Å². The standard InChI is InChI=1S/C29H34N6O3S/c1-3-38-26-12-8-23(9-13-26)30-20-24-5-4-16-35(24)29-33-32-28(39-29)34-17-14-22(15-18-34)27(36)31-19-21-6-10-25(37-2)11-7-21/h4-13,16,22,30H,3,14-15,17-20H2,1-2H3,(H,31,36). The molecular weight excluding hydrogens is 512 g/mol. The van der Waals surface area contributed by atoms with E-state index in [4.69, 9.17) is 9.47 Å². The quantitative estimate of drug-likeness (QED) is 0.277. The zero-order chi connectivity index (χ0) is 27.0. The minimum atomic E-state index is 0.0108. The lowest BCUT2D eigenvalue weighted by Gasteiger charge is -2.30. The van der Waals surface area contributed by atoms with Gasteiger partial charge in [-0.15, -0.1) is 10.2 Å². The number of carbonyl (C=O) groups is 1. The molecule has 0 atom stereocenters. The van der Waals surface area contributed by atoms with Gasteiger partial charge in [0.05, 0.1) is 20.3 Å². The molecule has 10 heteroatoms. The number of amides is 1. The molecule has 4 aromatic rings. The van der Waals surface area contributed by atoms with Crippen LogP contribution in [0.4, 0.5) is 10.8 Å². The minimum absolute atomic E-state index is 0.0108. The van der Waals surface area contributed by atoms with Crippen molar-refractivity contribution in [3.05, 3.63) is 78.1 Å². The van der Waals surface area contributed by atoms with Gasteiger partial charge in [-0.2, -0.15) is 0 Å². The van der Waals surface area contributed by atoms with Crippen LogP contribution in [0.1, 0.15) is 31.0 Å². The summed E-state index contributed by atoms with van der Waals surface area (Å²) >= 11 is 1.57. The number of nitrogens with one attached hydrogen (secondary N) is 2. The van der Waals surface area contributed by atoms with E-state index < -0.39 is 0 Å². The second kappa shape index (κ2) is 12.7. The molecule has 5 rings (SSSR count). The van der Waals surface area contributed by atoms with Crippen LogP contribution in [0.5, 0.6) is 11.5 Å². The third-order valence-electron chi connectivity index (χ3n) is 6.84. The monoisotopic (exact) mass is 546 g/mol. The van der Waals surface area contributed by atoms with Crippen molar-refractivity contribution in [2.24, 2.45) is 5.92 Å². The maximum Gasteiger partial charge on any atom is 0.223 e. The lowest BCUT2D eigenvalue weighted by molar-refractivity contribution is -0.125. The van der Waals surface area contributed by atoms with Gasteiger partial charge in [0.1, 0.15) is 11.5 Å². The molecule has 0 unspecified atom stereocenters. The van der Waals surface area contributed by atoms with Gasteiger partial charge in [0.15, 0.2) is 0 Å². The summed E-state index contributed by atoms with van der Waals surface area (Å²) in [5.74, 6) is 1.80. The second-order valence-corrected chi connectivity index (χ2v) is 10.3. The molecule has 0 saturated carbocycles. The largest absolute Gasteiger partial charge is 0.497 e. The Bertz CT molecular complexity index is 1340. The van der Waals surface area contributed by atoms with Crippen molar-refractivity contribution in [2.45, 2.75) is 32.9 Å². The van der Waals surface area contributed by atoms with Crippen LogP contribution in [0.15, 0.2) is 66.9 Å². The Morgan fingerprint density at radius 1 is 0.974 bits per heavy atom. The maximum atomic E-state index is 12.7. The summed E-state index contributed by atoms with van der Waals surface area (Å²) < 4.78 is 12.8. The number of anilines is 2. The van der Waals surface area contributed by atoms with Crippen LogP contribution in [0.25, 0.3) is 5.13 Å². The topological polar surface area (TPSA) is 93.5 Å². The summed E-state index contributed by atoms with van der Waals surface area (Å²) in [6.45, 7) is 5.39. The van der Waals surface area contributed by atoms with Crippen LogP contribution in [-0.4, -0.2) is 47.5 Å². The van der Waals surface area contributed by atoms with Crippen LogP contribution in [0.2, 0.25) is 0 Å². The first-order valence-corrected chi connectivity index (χ1v) is 14.1. The Morgan fingerprint density at radius 2 is 1.69 bits per heavy atom. The molecule has 1 fully saturated rings. The molecule has 9 nitrogen and oxygen atoms in total. The van der Waals surface area contributed by atoms with Crippen molar-refractivity contribution in [1.82, 2.24) is 20.1 Å². The number of hydrogen-bond acceptors (Lipinski definition) is 8. The van der Waals surface area contributed by atoms with Crippen molar-refractivity contribution < 1.29 is 14.3 Å². The van der Waals surface area contributed by atoms with Gasteiger partial charge in [-0.05, 0) is 73.9 Å². The number of benzene rings is 2. The summed E-state index contributed by atoms with van der Waals surface area (Å²) in [4.78, 5) is 15.0. The van der Waals surface area contributed by atoms with E-state index in [1.165, 1.54) is 0 Å². The number of carbonyl (C=O) groups excluding carboxylic acids is 1. The molecule has 0 bridgehead atoms. The lowest BCUT2D eigenvalue weighted by Crippen LogP contribution is -2.40. The van der Waals surface area contributed by atoms with Gasteiger partial charge in [0.25, 0.3) is 0 Å². The van der Waals surface area contributed by atoms with E-state index in [-0.39, 0.29) is 11.8 Å². The van der Waals surface area contributed by atoms with Gasteiger partial charge in [-0.1, -0.05) is 23.5 Å². The van der Waals surface area contributed by atoms with Gasteiger partial charge in [0.2, 0.25) is 16.2 Å². The molecule has 204 valence electrons. The van der Waals surface area contributed by atoms with Gasteiger partial charge < -0.3 is 25.0 Å². The third kappa shape index (κ3) is 6.69. The van der Waals surface area contributed by atoms with E-state index in [0.717, 1.165) is 64.6 Å². The van der Waals surface area contributed by atoms with Crippen molar-refractivity contribution in [3.8, 4) is 16.6 Å². The summed E-state index contributed by atoms with van der Waals surface area (Å²) in [6.07, 6.45) is 3.60. The molecule has 2 N–H and O–H groups in total. The smallest absolute Gasteiger partial charge is 0.223 e. The first kappa shape index (κ1) is 26.6. The number of rotatable bonds is 11. The molecule has 2 aromatic heterocycles. The molecule has 3 heterocycles. The summed E-state index contributed by atoms with van der Waals surface area (Å²) in [6, 6.07) is 19.8. The molecule has 0 aliphatic carbocycles. The number of hydrogen-bond donors (Lipinski definition) is 2. The number of nitrogens with zero attached hydrogens (tertiary/aromatic N) is 4. The van der Waals surface area contributed by atoms with E-state index in [1.54, 1.807) is 18.4 Å². The molecule has 1 amide bonds. The first-order chi connectivity index (χ1) is 19.1. The summed E-state index contributed by atoms with van der Waals surface area (Å²) in [5, 5.41) is 17.2. The number of piperidine rings is 1. The predicted octanol–water partition coefficient (Wildman–Crippen LogP) is 4.88. The van der Waals surface area contributed by atoms with E-state index in [0.29, 0.717) is 19.7 Å². The fourth-order valence-electron chi connectivity index (χ4n) is 4.62. The molecule has 2 aromatic carbocycles. The number of methoxy groups -OCH3 is 1. The molecule has 1 aliphatic heterocycles. The second-order valence-electron chi connectivity index (χ2n) is 9.37. The van der Waals surface area contributed by atoms with E-state index in [2.05, 4.69) is 36.4 Å². The predicted molar refractivity (Wildman–Crippen MR) is 154 cm³/mol. The highest BCUT2D eigenvalue weighted by Crippen LogP contribution is 2.29. The zero-order valence-electron chi connectivity index (χ0n) is 22.3. The molecular formula is C29H34N6O3S. The Hall–Kier alpha value is -4.05. The third-order valence-corrected chi connectivity index (χ3v) is 7.83. The van der Waals surface area contributed by atoms with Crippen LogP contribution < -0.4 is 25.0 Å². The summed E-state index contributed by atoms with van der Waals surface area (Å²) in [7, 11) is 1.65. The fraction of sp³-hybridized carbons (Fsp3) is 0.345. The van der Waals surface area contributed by atoms with Gasteiger partial charge >= 0.3 is 0 Å². The lowest BCUT2D eigenvalue weighted by atomic mass is 9.96. The van der Waals surface area contributed by atoms with Gasteiger partial charge in [-0.3, -0.25) is 9.36 Å². The average molecular weight is 547 g/mol. The summed E-state index contributed by atoms with van der Waals surface area (Å²) in [5.41, 5.74) is 3.18. The SMILES string of the molecule is CCOc1ccc(NCc2cccn2-c2nnc(N3CCC(C(=O)NCc4ccc(OC)cc4)CC3)s2)cc1. The van der Waals surface area contributed by atoms with Crippen molar-refractivity contribution in [3.63, 3.8) is 0 Å². The van der Waals surface area contributed by atoms with Crippen molar-refractivity contribution in [1.29, 1.82) is 0 Å². The normalized spacial score (nSPS) is 13.7. The fourth-order valence-corrected chi connectivity index (χ4v) is 5.53. The highest BCUT2D eigenvalue weighted by molar-refractivity contribution is 7.17. The van der Waals surface area contributed by atoms with Gasteiger partial charge in [-0.25, -0.2) is 0 Å². The van der Waals surface area contributed by atoms with Crippen LogP contribution in [0.3, 0.4) is 0 Å². The Kier molecular flexibility index (Phi) is 8.62. The Labute approximate surface area is 232 Å². The highest BCUT2D eigenvalue weighted by atomic mass is 32.1. The Morgan fingerprint density at radius 3 is 2.41 bits per heavy atom. The van der Waals surface area contributed by atoms with E-state index in [1.807, 2.05) is 67.7 Å². The zero-order valence-corrected chi connectivity index (χ0v) is 23.1. The molecule has 0 radical (unpaired) electrons. The van der Waals surface area contributed by atoms with Crippen LogP contribution in [-0.2, 0) is 17.9 Å². The van der Waals surface area contributed by atoms with Crippen LogP contribution in [0, 0.1) is 5.92 Å². The maximum absolute atomic E-state index is 12.7. The number of ether oxygens (including phenoxy) is 2.